The lowest BCUT2D eigenvalue weighted by Gasteiger charge is -2.20. The molecule has 100 valence electrons. The molecule has 1 heterocycles. The van der Waals surface area contributed by atoms with Crippen molar-refractivity contribution in [2.24, 2.45) is 11.7 Å². The molecule has 3 atom stereocenters. The van der Waals surface area contributed by atoms with Gasteiger partial charge in [0.15, 0.2) is 0 Å². The van der Waals surface area contributed by atoms with Crippen molar-refractivity contribution in [3.05, 3.63) is 35.4 Å². The van der Waals surface area contributed by atoms with Crippen LogP contribution in [0.4, 0.5) is 0 Å². The first-order valence-electron chi connectivity index (χ1n) is 6.68. The minimum atomic E-state index is 0.164. The summed E-state index contributed by atoms with van der Waals surface area (Å²) in [4.78, 5) is 2.41. The molecule has 2 N–H and O–H groups in total. The lowest BCUT2D eigenvalue weighted by atomic mass is 9.98. The second-order valence-corrected chi connectivity index (χ2v) is 5.34. The largest absolute Gasteiger partial charge is 0.377 e. The number of hydrogen-bond acceptors (Lipinski definition) is 3. The highest BCUT2D eigenvalue weighted by Crippen LogP contribution is 2.34. The molecule has 3 heteroatoms. The molecular formula is C15H24N2O. The minimum absolute atomic E-state index is 0.164. The number of methoxy groups -OCH3 is 1. The summed E-state index contributed by atoms with van der Waals surface area (Å²) in [5, 5.41) is 0. The molecule has 1 fully saturated rings. The molecule has 0 radical (unpaired) electrons. The summed E-state index contributed by atoms with van der Waals surface area (Å²) in [6.07, 6.45) is 1.34. The van der Waals surface area contributed by atoms with Crippen LogP contribution in [0.15, 0.2) is 24.3 Å². The van der Waals surface area contributed by atoms with E-state index in [1.54, 1.807) is 7.11 Å². The van der Waals surface area contributed by atoms with Crippen LogP contribution < -0.4 is 5.73 Å². The number of hydrogen-bond donors (Lipinski definition) is 1. The topological polar surface area (TPSA) is 38.5 Å². The van der Waals surface area contributed by atoms with Gasteiger partial charge < -0.3 is 10.5 Å². The molecule has 0 bridgehead atoms. The van der Waals surface area contributed by atoms with Gasteiger partial charge in [0.25, 0.3) is 0 Å². The highest BCUT2D eigenvalue weighted by atomic mass is 16.5. The Kier molecular flexibility index (Phi) is 4.38. The van der Waals surface area contributed by atoms with Crippen molar-refractivity contribution in [2.45, 2.75) is 25.5 Å². The third-order valence-electron chi connectivity index (χ3n) is 4.11. The number of nitrogens with two attached hydrogens (primary N) is 1. The Bertz CT molecular complexity index is 377. The predicted octanol–water partition coefficient (Wildman–Crippen LogP) is 2.35. The second-order valence-electron chi connectivity index (χ2n) is 5.34. The quantitative estimate of drug-likeness (QED) is 0.889. The van der Waals surface area contributed by atoms with Crippen LogP contribution in [-0.4, -0.2) is 32.1 Å². The van der Waals surface area contributed by atoms with Crippen molar-refractivity contribution >= 4 is 0 Å². The van der Waals surface area contributed by atoms with E-state index in [0.717, 1.165) is 13.1 Å². The van der Waals surface area contributed by atoms with Gasteiger partial charge in [-0.05, 0) is 44.0 Å². The molecule has 2 rings (SSSR count). The molecule has 0 spiro atoms. The van der Waals surface area contributed by atoms with Gasteiger partial charge in [-0.15, -0.1) is 0 Å². The van der Waals surface area contributed by atoms with Gasteiger partial charge in [0.05, 0.1) is 6.10 Å². The third-order valence-corrected chi connectivity index (χ3v) is 4.11. The molecule has 1 aliphatic rings. The maximum Gasteiger partial charge on any atom is 0.0793 e. The van der Waals surface area contributed by atoms with Gasteiger partial charge in [0.1, 0.15) is 0 Å². The van der Waals surface area contributed by atoms with E-state index in [-0.39, 0.29) is 6.10 Å². The van der Waals surface area contributed by atoms with E-state index in [1.165, 1.54) is 17.5 Å². The first kappa shape index (κ1) is 13.5. The van der Waals surface area contributed by atoms with Gasteiger partial charge in [0.2, 0.25) is 0 Å². The molecule has 1 aromatic rings. The average molecular weight is 248 g/mol. The van der Waals surface area contributed by atoms with Crippen molar-refractivity contribution < 1.29 is 4.74 Å². The van der Waals surface area contributed by atoms with E-state index in [0.29, 0.717) is 12.0 Å². The van der Waals surface area contributed by atoms with E-state index >= 15 is 0 Å². The normalized spacial score (nSPS) is 26.4. The zero-order valence-electron chi connectivity index (χ0n) is 11.6. The van der Waals surface area contributed by atoms with E-state index < -0.39 is 0 Å². The SMILES string of the molecule is COC(C)c1ccc(C2CC(CN)CN2C)cc1. The van der Waals surface area contributed by atoms with Gasteiger partial charge >= 0.3 is 0 Å². The van der Waals surface area contributed by atoms with Gasteiger partial charge in [-0.1, -0.05) is 24.3 Å². The molecular weight excluding hydrogens is 224 g/mol. The van der Waals surface area contributed by atoms with Crippen molar-refractivity contribution in [1.29, 1.82) is 0 Å². The van der Waals surface area contributed by atoms with Crippen LogP contribution in [0, 0.1) is 5.92 Å². The molecule has 0 aromatic heterocycles. The highest BCUT2D eigenvalue weighted by Gasteiger charge is 2.29. The molecule has 1 saturated heterocycles. The standard InChI is InChI=1S/C15H24N2O/c1-11(18-3)13-4-6-14(7-5-13)15-8-12(9-16)10-17(15)2/h4-7,11-12,15H,8-10,16H2,1-3H3. The molecule has 1 aromatic carbocycles. The Balaban J connectivity index is 2.10. The first-order chi connectivity index (χ1) is 8.65. The smallest absolute Gasteiger partial charge is 0.0793 e. The monoisotopic (exact) mass is 248 g/mol. The highest BCUT2D eigenvalue weighted by molar-refractivity contribution is 5.27. The lowest BCUT2D eigenvalue weighted by molar-refractivity contribution is 0.119. The lowest BCUT2D eigenvalue weighted by Crippen LogP contribution is -2.20. The zero-order valence-corrected chi connectivity index (χ0v) is 11.6. The van der Waals surface area contributed by atoms with Gasteiger partial charge in [-0.25, -0.2) is 0 Å². The molecule has 0 amide bonds. The van der Waals surface area contributed by atoms with Gasteiger partial charge in [-0.3, -0.25) is 4.90 Å². The fourth-order valence-corrected chi connectivity index (χ4v) is 2.79. The number of benzene rings is 1. The first-order valence-corrected chi connectivity index (χ1v) is 6.68. The summed E-state index contributed by atoms with van der Waals surface area (Å²) in [7, 11) is 3.93. The Morgan fingerprint density at radius 2 is 2.06 bits per heavy atom. The Morgan fingerprint density at radius 3 is 2.56 bits per heavy atom. The van der Waals surface area contributed by atoms with Crippen molar-refractivity contribution in [1.82, 2.24) is 4.90 Å². The summed E-state index contributed by atoms with van der Waals surface area (Å²) >= 11 is 0. The van der Waals surface area contributed by atoms with Crippen molar-refractivity contribution in [3.63, 3.8) is 0 Å². The second kappa shape index (κ2) is 5.83. The number of rotatable bonds is 4. The minimum Gasteiger partial charge on any atom is -0.377 e. The molecule has 1 aliphatic heterocycles. The van der Waals surface area contributed by atoms with Crippen molar-refractivity contribution in [2.75, 3.05) is 27.2 Å². The van der Waals surface area contributed by atoms with Crippen LogP contribution in [0.3, 0.4) is 0 Å². The van der Waals surface area contributed by atoms with Crippen LogP contribution in [0.2, 0.25) is 0 Å². The van der Waals surface area contributed by atoms with Crippen LogP contribution in [-0.2, 0) is 4.74 Å². The predicted molar refractivity (Wildman–Crippen MR) is 74.4 cm³/mol. The number of nitrogens with zero attached hydrogens (tertiary/aromatic N) is 1. The zero-order chi connectivity index (χ0) is 13.1. The fourth-order valence-electron chi connectivity index (χ4n) is 2.79. The van der Waals surface area contributed by atoms with Gasteiger partial charge in [0, 0.05) is 19.7 Å². The summed E-state index contributed by atoms with van der Waals surface area (Å²) in [6.45, 7) is 3.97. The molecule has 3 unspecified atom stereocenters. The van der Waals surface area contributed by atoms with Crippen LogP contribution >= 0.6 is 0 Å². The Labute approximate surface area is 110 Å². The third kappa shape index (κ3) is 2.74. The van der Waals surface area contributed by atoms with E-state index in [9.17, 15) is 0 Å². The molecule has 18 heavy (non-hydrogen) atoms. The van der Waals surface area contributed by atoms with Crippen LogP contribution in [0.25, 0.3) is 0 Å². The van der Waals surface area contributed by atoms with Crippen molar-refractivity contribution in [3.8, 4) is 0 Å². The Morgan fingerprint density at radius 1 is 1.39 bits per heavy atom. The number of likely N-dealkylation sites (tertiary alicyclic amines) is 1. The summed E-state index contributed by atoms with van der Waals surface area (Å²) in [5.74, 6) is 0.637. The maximum absolute atomic E-state index is 5.77. The number of ether oxygens (including phenoxy) is 1. The summed E-state index contributed by atoms with van der Waals surface area (Å²) in [5.41, 5.74) is 8.40. The molecule has 0 aliphatic carbocycles. The van der Waals surface area contributed by atoms with Crippen LogP contribution in [0.5, 0.6) is 0 Å². The maximum atomic E-state index is 5.77. The van der Waals surface area contributed by atoms with E-state index in [4.69, 9.17) is 10.5 Å². The summed E-state index contributed by atoms with van der Waals surface area (Å²) in [6, 6.07) is 9.32. The molecule has 0 saturated carbocycles. The average Bonchev–Trinajstić information content (AvgIpc) is 2.79. The summed E-state index contributed by atoms with van der Waals surface area (Å²) < 4.78 is 5.33. The molecule has 3 nitrogen and oxygen atoms in total. The van der Waals surface area contributed by atoms with E-state index in [2.05, 4.69) is 43.1 Å². The van der Waals surface area contributed by atoms with Gasteiger partial charge in [-0.2, -0.15) is 0 Å². The van der Waals surface area contributed by atoms with Crippen LogP contribution in [0.1, 0.15) is 36.6 Å². The fraction of sp³-hybridized carbons (Fsp3) is 0.600. The van der Waals surface area contributed by atoms with E-state index in [1.807, 2.05) is 0 Å². The Hall–Kier alpha value is -0.900.